The van der Waals surface area contributed by atoms with Crippen molar-refractivity contribution in [3.63, 3.8) is 0 Å². The van der Waals surface area contributed by atoms with Crippen LogP contribution in [0.15, 0.2) is 6.07 Å². The Bertz CT molecular complexity index is 343. The van der Waals surface area contributed by atoms with E-state index in [4.69, 9.17) is 23.2 Å². The highest BCUT2D eigenvalue weighted by molar-refractivity contribution is 8.06. The van der Waals surface area contributed by atoms with Gasteiger partial charge in [0.25, 0.3) is 0 Å². The maximum absolute atomic E-state index is 5.92. The van der Waals surface area contributed by atoms with E-state index in [9.17, 15) is 0 Å². The molecule has 15 heavy (non-hydrogen) atoms. The van der Waals surface area contributed by atoms with Gasteiger partial charge < -0.3 is 0 Å². The van der Waals surface area contributed by atoms with Gasteiger partial charge in [0.1, 0.15) is 11.0 Å². The lowest BCUT2D eigenvalue weighted by Gasteiger charge is -2.19. The van der Waals surface area contributed by atoms with Crippen LogP contribution in [0.2, 0.25) is 5.15 Å². The third kappa shape index (κ3) is 3.16. The Labute approximate surface area is 108 Å². The first-order valence-electron chi connectivity index (χ1n) is 4.58. The van der Waals surface area contributed by atoms with E-state index in [0.717, 1.165) is 23.0 Å². The molecule has 1 saturated heterocycles. The molecule has 2 nitrogen and oxygen atoms in total. The van der Waals surface area contributed by atoms with Gasteiger partial charge in [-0.2, -0.15) is 11.8 Å². The largest absolute Gasteiger partial charge is 0.235 e. The molecular weight excluding hydrogens is 271 g/mol. The number of hydrogen-bond donors (Lipinski definition) is 0. The van der Waals surface area contributed by atoms with Gasteiger partial charge in [0.05, 0.1) is 16.8 Å². The lowest BCUT2D eigenvalue weighted by molar-refractivity contribution is 0.899. The van der Waals surface area contributed by atoms with Gasteiger partial charge in [-0.1, -0.05) is 11.6 Å². The molecule has 82 valence electrons. The van der Waals surface area contributed by atoms with Crippen LogP contribution in [-0.4, -0.2) is 27.2 Å². The zero-order chi connectivity index (χ0) is 10.7. The monoisotopic (exact) mass is 280 g/mol. The summed E-state index contributed by atoms with van der Waals surface area (Å²) in [6.45, 7) is 0. The van der Waals surface area contributed by atoms with Crippen LogP contribution in [-0.2, 0) is 5.88 Å². The topological polar surface area (TPSA) is 25.8 Å². The van der Waals surface area contributed by atoms with Crippen molar-refractivity contribution in [1.29, 1.82) is 0 Å². The molecule has 1 unspecified atom stereocenters. The summed E-state index contributed by atoms with van der Waals surface area (Å²) >= 11 is 15.5. The van der Waals surface area contributed by atoms with Crippen LogP contribution in [0.3, 0.4) is 0 Å². The van der Waals surface area contributed by atoms with Crippen molar-refractivity contribution in [3.05, 3.63) is 22.7 Å². The maximum Gasteiger partial charge on any atom is 0.144 e. The van der Waals surface area contributed by atoms with Crippen LogP contribution in [0.25, 0.3) is 0 Å². The summed E-state index contributed by atoms with van der Waals surface area (Å²) in [4.78, 5) is 8.68. The van der Waals surface area contributed by atoms with E-state index in [0.29, 0.717) is 16.3 Å². The standard InChI is InChI=1S/C9H10Cl2N2S2/c10-4-6-3-8(11)13-9(12-6)7-5-14-1-2-15-7/h3,7H,1-2,4-5H2. The second kappa shape index (κ2) is 5.62. The van der Waals surface area contributed by atoms with E-state index in [2.05, 4.69) is 9.97 Å². The molecule has 2 rings (SSSR count). The molecule has 1 aromatic heterocycles. The molecule has 6 heteroatoms. The first-order chi connectivity index (χ1) is 7.29. The second-order valence-corrected chi connectivity index (χ2v) is 6.22. The number of hydrogen-bond acceptors (Lipinski definition) is 4. The van der Waals surface area contributed by atoms with Gasteiger partial charge in [-0.3, -0.25) is 0 Å². The predicted octanol–water partition coefficient (Wildman–Crippen LogP) is 3.39. The summed E-state index contributed by atoms with van der Waals surface area (Å²) in [5, 5.41) is 0.858. The Morgan fingerprint density at radius 3 is 2.93 bits per heavy atom. The summed E-state index contributed by atoms with van der Waals surface area (Å²) in [5.41, 5.74) is 0.808. The highest BCUT2D eigenvalue weighted by Gasteiger charge is 2.19. The molecular formula is C9H10Cl2N2S2. The second-order valence-electron chi connectivity index (χ2n) is 3.11. The van der Waals surface area contributed by atoms with Crippen molar-refractivity contribution >= 4 is 46.7 Å². The van der Waals surface area contributed by atoms with Gasteiger partial charge in [-0.25, -0.2) is 9.97 Å². The summed E-state index contributed by atoms with van der Waals surface area (Å²) in [5.74, 6) is 4.65. The maximum atomic E-state index is 5.92. The molecule has 1 aliphatic heterocycles. The number of alkyl halides is 1. The molecule has 0 spiro atoms. The molecule has 0 aliphatic carbocycles. The van der Waals surface area contributed by atoms with Crippen molar-refractivity contribution in [2.75, 3.05) is 17.3 Å². The zero-order valence-electron chi connectivity index (χ0n) is 7.95. The fourth-order valence-corrected chi connectivity index (χ4v) is 4.28. The van der Waals surface area contributed by atoms with Crippen LogP contribution in [0.4, 0.5) is 0 Å². The first kappa shape index (κ1) is 11.8. The minimum atomic E-state index is 0.365. The normalized spacial score (nSPS) is 21.6. The minimum Gasteiger partial charge on any atom is -0.235 e. The minimum absolute atomic E-state index is 0.365. The van der Waals surface area contributed by atoms with E-state index < -0.39 is 0 Å². The summed E-state index contributed by atoms with van der Waals surface area (Å²) in [6.07, 6.45) is 0. The molecule has 1 atom stereocenters. The zero-order valence-corrected chi connectivity index (χ0v) is 11.1. The van der Waals surface area contributed by atoms with Gasteiger partial charge in [0, 0.05) is 17.3 Å². The van der Waals surface area contributed by atoms with E-state index in [-0.39, 0.29) is 0 Å². The first-order valence-corrected chi connectivity index (χ1v) is 7.70. The van der Waals surface area contributed by atoms with E-state index >= 15 is 0 Å². The van der Waals surface area contributed by atoms with Crippen LogP contribution in [0.1, 0.15) is 16.8 Å². The number of rotatable bonds is 2. The van der Waals surface area contributed by atoms with Crippen LogP contribution < -0.4 is 0 Å². The summed E-state index contributed by atoms with van der Waals surface area (Å²) < 4.78 is 0. The Morgan fingerprint density at radius 1 is 1.40 bits per heavy atom. The molecule has 0 N–H and O–H groups in total. The van der Waals surface area contributed by atoms with Crippen molar-refractivity contribution in [3.8, 4) is 0 Å². The van der Waals surface area contributed by atoms with Gasteiger partial charge in [0.15, 0.2) is 0 Å². The van der Waals surface area contributed by atoms with E-state index in [1.54, 1.807) is 6.07 Å². The van der Waals surface area contributed by atoms with Gasteiger partial charge in [-0.05, 0) is 6.07 Å². The average molecular weight is 281 g/mol. The molecule has 0 amide bonds. The third-order valence-electron chi connectivity index (χ3n) is 2.01. The number of nitrogens with zero attached hydrogens (tertiary/aromatic N) is 2. The molecule has 0 aromatic carbocycles. The smallest absolute Gasteiger partial charge is 0.144 e. The molecule has 1 aromatic rings. The van der Waals surface area contributed by atoms with Crippen molar-refractivity contribution in [2.45, 2.75) is 11.1 Å². The van der Waals surface area contributed by atoms with Crippen molar-refractivity contribution < 1.29 is 0 Å². The lowest BCUT2D eigenvalue weighted by atomic mass is 10.4. The molecule has 0 bridgehead atoms. The highest BCUT2D eigenvalue weighted by atomic mass is 35.5. The third-order valence-corrected chi connectivity index (χ3v) is 5.22. The van der Waals surface area contributed by atoms with E-state index in [1.807, 2.05) is 23.5 Å². The Balaban J connectivity index is 2.22. The Morgan fingerprint density at radius 2 is 2.27 bits per heavy atom. The Kier molecular flexibility index (Phi) is 4.43. The predicted molar refractivity (Wildman–Crippen MR) is 69.1 cm³/mol. The average Bonchev–Trinajstić information content (AvgIpc) is 2.29. The molecule has 0 saturated carbocycles. The fourth-order valence-electron chi connectivity index (χ4n) is 1.33. The molecule has 2 heterocycles. The van der Waals surface area contributed by atoms with Crippen LogP contribution in [0, 0.1) is 0 Å². The molecule has 1 aliphatic rings. The lowest BCUT2D eigenvalue weighted by Crippen LogP contribution is -2.11. The highest BCUT2D eigenvalue weighted by Crippen LogP contribution is 2.35. The summed E-state index contributed by atoms with van der Waals surface area (Å²) in [6, 6.07) is 1.72. The fraction of sp³-hybridized carbons (Fsp3) is 0.556. The van der Waals surface area contributed by atoms with E-state index in [1.165, 1.54) is 5.75 Å². The van der Waals surface area contributed by atoms with Gasteiger partial charge in [0.2, 0.25) is 0 Å². The SMILES string of the molecule is ClCc1cc(Cl)nc(C2CSCCS2)n1. The van der Waals surface area contributed by atoms with Gasteiger partial charge >= 0.3 is 0 Å². The van der Waals surface area contributed by atoms with Gasteiger partial charge in [-0.15, -0.1) is 23.4 Å². The molecule has 0 radical (unpaired) electrons. The number of aromatic nitrogens is 2. The number of halogens is 2. The quantitative estimate of drug-likeness (QED) is 0.613. The van der Waals surface area contributed by atoms with Crippen LogP contribution >= 0.6 is 46.7 Å². The summed E-state index contributed by atoms with van der Waals surface area (Å²) in [7, 11) is 0. The van der Waals surface area contributed by atoms with Crippen LogP contribution in [0.5, 0.6) is 0 Å². The van der Waals surface area contributed by atoms with Crippen molar-refractivity contribution in [1.82, 2.24) is 9.97 Å². The molecule has 1 fully saturated rings. The van der Waals surface area contributed by atoms with Crippen molar-refractivity contribution in [2.24, 2.45) is 0 Å². The number of thioether (sulfide) groups is 2. The Hall–Kier alpha value is 0.360.